The summed E-state index contributed by atoms with van der Waals surface area (Å²) >= 11 is 0. The summed E-state index contributed by atoms with van der Waals surface area (Å²) in [5.74, 6) is -0.190. The van der Waals surface area contributed by atoms with Crippen LogP contribution in [0.2, 0.25) is 0 Å². The summed E-state index contributed by atoms with van der Waals surface area (Å²) in [4.78, 5) is 2.24. The van der Waals surface area contributed by atoms with Gasteiger partial charge in [0.15, 0.2) is 0 Å². The normalized spacial score (nSPS) is 11.9. The summed E-state index contributed by atoms with van der Waals surface area (Å²) in [6.07, 6.45) is -2.70. The van der Waals surface area contributed by atoms with Crippen LogP contribution in [0.3, 0.4) is 0 Å². The Morgan fingerprint density at radius 1 is 1.15 bits per heavy atom. The van der Waals surface area contributed by atoms with E-state index in [2.05, 4.69) is 16.6 Å². The quantitative estimate of drug-likeness (QED) is 0.799. The second kappa shape index (κ2) is 8.11. The number of halogens is 3. The molecule has 0 saturated carbocycles. The molecule has 6 heteroatoms. The van der Waals surface area contributed by atoms with Crippen molar-refractivity contribution in [2.24, 2.45) is 5.73 Å². The maximum atomic E-state index is 12.0. The van der Waals surface area contributed by atoms with Gasteiger partial charge in [-0.05, 0) is 50.2 Å². The SMILES string of the molecule is CCCN(CCCN)Cc1ccc(OC(F)(F)F)cc1. The van der Waals surface area contributed by atoms with Crippen molar-refractivity contribution >= 4 is 0 Å². The molecule has 0 heterocycles. The van der Waals surface area contributed by atoms with E-state index in [4.69, 9.17) is 5.73 Å². The summed E-state index contributed by atoms with van der Waals surface area (Å²) in [5, 5.41) is 0. The maximum absolute atomic E-state index is 12.0. The summed E-state index contributed by atoms with van der Waals surface area (Å²) in [5.41, 5.74) is 6.46. The number of benzene rings is 1. The van der Waals surface area contributed by atoms with Crippen molar-refractivity contribution in [3.8, 4) is 5.75 Å². The number of rotatable bonds is 8. The fraction of sp³-hybridized carbons (Fsp3) is 0.571. The Labute approximate surface area is 117 Å². The summed E-state index contributed by atoms with van der Waals surface area (Å²) in [7, 11) is 0. The Hall–Kier alpha value is -1.27. The van der Waals surface area contributed by atoms with Gasteiger partial charge in [0.05, 0.1) is 0 Å². The van der Waals surface area contributed by atoms with Gasteiger partial charge in [0, 0.05) is 6.54 Å². The lowest BCUT2D eigenvalue weighted by Gasteiger charge is -2.21. The van der Waals surface area contributed by atoms with E-state index in [-0.39, 0.29) is 5.75 Å². The van der Waals surface area contributed by atoms with Gasteiger partial charge in [0.25, 0.3) is 0 Å². The summed E-state index contributed by atoms with van der Waals surface area (Å²) in [6, 6.07) is 6.00. The minimum atomic E-state index is -4.64. The zero-order chi connectivity index (χ0) is 15.0. The Balaban J connectivity index is 2.58. The third kappa shape index (κ3) is 6.77. The zero-order valence-electron chi connectivity index (χ0n) is 11.6. The highest BCUT2D eigenvalue weighted by atomic mass is 19.4. The van der Waals surface area contributed by atoms with Crippen molar-refractivity contribution in [1.29, 1.82) is 0 Å². The molecule has 0 unspecified atom stereocenters. The second-order valence-electron chi connectivity index (χ2n) is 4.61. The molecular formula is C14H21F3N2O. The molecule has 0 fully saturated rings. The molecule has 2 N–H and O–H groups in total. The third-order valence-electron chi connectivity index (χ3n) is 2.78. The van der Waals surface area contributed by atoms with E-state index >= 15 is 0 Å². The maximum Gasteiger partial charge on any atom is 0.573 e. The van der Waals surface area contributed by atoms with Crippen molar-refractivity contribution in [2.45, 2.75) is 32.7 Å². The average molecular weight is 290 g/mol. The molecule has 0 aliphatic heterocycles. The van der Waals surface area contributed by atoms with E-state index in [0.717, 1.165) is 31.5 Å². The number of hydrogen-bond acceptors (Lipinski definition) is 3. The minimum Gasteiger partial charge on any atom is -0.406 e. The molecule has 1 aromatic rings. The molecule has 1 aromatic carbocycles. The molecule has 0 spiro atoms. The van der Waals surface area contributed by atoms with Gasteiger partial charge in [0.1, 0.15) is 5.75 Å². The van der Waals surface area contributed by atoms with Gasteiger partial charge in [0.2, 0.25) is 0 Å². The van der Waals surface area contributed by atoms with Crippen LogP contribution in [-0.4, -0.2) is 30.9 Å². The van der Waals surface area contributed by atoms with Gasteiger partial charge in [-0.25, -0.2) is 0 Å². The van der Waals surface area contributed by atoms with Crippen molar-refractivity contribution < 1.29 is 17.9 Å². The van der Waals surface area contributed by atoms with Crippen LogP contribution >= 0.6 is 0 Å². The van der Waals surface area contributed by atoms with E-state index < -0.39 is 6.36 Å². The Morgan fingerprint density at radius 2 is 1.80 bits per heavy atom. The number of ether oxygens (including phenoxy) is 1. The molecule has 0 aliphatic rings. The molecular weight excluding hydrogens is 269 g/mol. The molecule has 0 atom stereocenters. The van der Waals surface area contributed by atoms with Crippen molar-refractivity contribution in [1.82, 2.24) is 4.90 Å². The predicted molar refractivity (Wildman–Crippen MR) is 72.4 cm³/mol. The van der Waals surface area contributed by atoms with Crippen LogP contribution in [0.15, 0.2) is 24.3 Å². The highest BCUT2D eigenvalue weighted by molar-refractivity contribution is 5.27. The van der Waals surface area contributed by atoms with Crippen LogP contribution in [0.1, 0.15) is 25.3 Å². The van der Waals surface area contributed by atoms with Gasteiger partial charge < -0.3 is 10.5 Å². The summed E-state index contributed by atoms with van der Waals surface area (Å²) < 4.78 is 40.0. The molecule has 0 amide bonds. The van der Waals surface area contributed by atoms with Gasteiger partial charge in [-0.15, -0.1) is 13.2 Å². The van der Waals surface area contributed by atoms with E-state index in [9.17, 15) is 13.2 Å². The van der Waals surface area contributed by atoms with Crippen molar-refractivity contribution in [3.05, 3.63) is 29.8 Å². The fourth-order valence-corrected chi connectivity index (χ4v) is 1.96. The first-order valence-corrected chi connectivity index (χ1v) is 6.71. The molecule has 114 valence electrons. The Morgan fingerprint density at radius 3 is 2.30 bits per heavy atom. The van der Waals surface area contributed by atoms with Crippen LogP contribution in [0.4, 0.5) is 13.2 Å². The molecule has 0 aliphatic carbocycles. The Kier molecular flexibility index (Phi) is 6.81. The lowest BCUT2D eigenvalue weighted by atomic mass is 10.2. The molecule has 0 aromatic heterocycles. The zero-order valence-corrected chi connectivity index (χ0v) is 11.6. The first-order chi connectivity index (χ1) is 9.44. The second-order valence-corrected chi connectivity index (χ2v) is 4.61. The molecule has 1 rings (SSSR count). The van der Waals surface area contributed by atoms with Crippen LogP contribution in [0, 0.1) is 0 Å². The Bertz CT molecular complexity index is 379. The van der Waals surface area contributed by atoms with E-state index in [1.165, 1.54) is 12.1 Å². The first kappa shape index (κ1) is 16.8. The van der Waals surface area contributed by atoms with Crippen LogP contribution in [0.25, 0.3) is 0 Å². The van der Waals surface area contributed by atoms with Gasteiger partial charge in [-0.2, -0.15) is 0 Å². The van der Waals surface area contributed by atoms with Crippen LogP contribution in [-0.2, 0) is 6.54 Å². The van der Waals surface area contributed by atoms with Gasteiger partial charge in [-0.1, -0.05) is 19.1 Å². The number of nitrogens with two attached hydrogens (primary N) is 1. The van der Waals surface area contributed by atoms with Gasteiger partial charge in [-0.3, -0.25) is 4.90 Å². The van der Waals surface area contributed by atoms with Gasteiger partial charge >= 0.3 is 6.36 Å². The van der Waals surface area contributed by atoms with Crippen LogP contribution in [0.5, 0.6) is 5.75 Å². The average Bonchev–Trinajstić information content (AvgIpc) is 2.37. The van der Waals surface area contributed by atoms with E-state index in [0.29, 0.717) is 13.1 Å². The highest BCUT2D eigenvalue weighted by Gasteiger charge is 2.30. The molecule has 0 radical (unpaired) electrons. The van der Waals surface area contributed by atoms with Crippen molar-refractivity contribution in [2.75, 3.05) is 19.6 Å². The third-order valence-corrected chi connectivity index (χ3v) is 2.78. The highest BCUT2D eigenvalue weighted by Crippen LogP contribution is 2.23. The molecule has 0 bridgehead atoms. The van der Waals surface area contributed by atoms with E-state index in [1.807, 2.05) is 0 Å². The lowest BCUT2D eigenvalue weighted by molar-refractivity contribution is -0.274. The molecule has 0 saturated heterocycles. The minimum absolute atomic E-state index is 0.190. The lowest BCUT2D eigenvalue weighted by Crippen LogP contribution is -2.26. The van der Waals surface area contributed by atoms with Crippen molar-refractivity contribution in [3.63, 3.8) is 0 Å². The largest absolute Gasteiger partial charge is 0.573 e. The monoisotopic (exact) mass is 290 g/mol. The first-order valence-electron chi connectivity index (χ1n) is 6.71. The number of alkyl halides is 3. The molecule has 20 heavy (non-hydrogen) atoms. The molecule has 3 nitrogen and oxygen atoms in total. The predicted octanol–water partition coefficient (Wildman–Crippen LogP) is 3.15. The standard InChI is InChI=1S/C14H21F3N2O/c1-2-9-19(10-3-8-18)11-12-4-6-13(7-5-12)20-14(15,16)17/h4-7H,2-3,8-11,18H2,1H3. The smallest absolute Gasteiger partial charge is 0.406 e. The number of nitrogens with zero attached hydrogens (tertiary/aromatic N) is 1. The number of hydrogen-bond donors (Lipinski definition) is 1. The topological polar surface area (TPSA) is 38.5 Å². The van der Waals surface area contributed by atoms with E-state index in [1.54, 1.807) is 12.1 Å². The summed E-state index contributed by atoms with van der Waals surface area (Å²) in [6.45, 7) is 5.28. The van der Waals surface area contributed by atoms with Crippen LogP contribution < -0.4 is 10.5 Å². The fourth-order valence-electron chi connectivity index (χ4n) is 1.96.